The SMILES string of the molecule is COc1cc(-c2ccccc2)c(OC(C)=O)c2cccc(C)c12. The first-order valence-electron chi connectivity index (χ1n) is 7.46. The normalized spacial score (nSPS) is 10.6. The van der Waals surface area contributed by atoms with Gasteiger partial charge >= 0.3 is 5.97 Å². The summed E-state index contributed by atoms with van der Waals surface area (Å²) in [6.07, 6.45) is 0. The lowest BCUT2D eigenvalue weighted by atomic mass is 9.96. The molecule has 3 aromatic rings. The van der Waals surface area contributed by atoms with Crippen molar-refractivity contribution in [2.45, 2.75) is 13.8 Å². The minimum Gasteiger partial charge on any atom is -0.496 e. The second-order valence-electron chi connectivity index (χ2n) is 5.41. The zero-order valence-electron chi connectivity index (χ0n) is 13.4. The summed E-state index contributed by atoms with van der Waals surface area (Å²) >= 11 is 0. The van der Waals surface area contributed by atoms with Gasteiger partial charge in [-0.3, -0.25) is 4.79 Å². The fraction of sp³-hybridized carbons (Fsp3) is 0.150. The molecule has 0 aliphatic carbocycles. The predicted molar refractivity (Wildman–Crippen MR) is 92.0 cm³/mol. The Labute approximate surface area is 135 Å². The summed E-state index contributed by atoms with van der Waals surface area (Å²) in [5.74, 6) is 1.01. The number of ether oxygens (including phenoxy) is 2. The van der Waals surface area contributed by atoms with Gasteiger partial charge in [0.1, 0.15) is 11.5 Å². The Balaban J connectivity index is 2.41. The lowest BCUT2D eigenvalue weighted by Gasteiger charge is -2.17. The van der Waals surface area contributed by atoms with Crippen molar-refractivity contribution in [3.8, 4) is 22.6 Å². The van der Waals surface area contributed by atoms with Gasteiger partial charge in [0.25, 0.3) is 0 Å². The van der Waals surface area contributed by atoms with Crippen molar-refractivity contribution in [2.24, 2.45) is 0 Å². The van der Waals surface area contributed by atoms with Crippen molar-refractivity contribution in [2.75, 3.05) is 7.11 Å². The number of carbonyl (C=O) groups excluding carboxylic acids is 1. The van der Waals surface area contributed by atoms with Gasteiger partial charge in [-0.1, -0.05) is 48.5 Å². The van der Waals surface area contributed by atoms with Gasteiger partial charge in [0.05, 0.1) is 7.11 Å². The van der Waals surface area contributed by atoms with Gasteiger partial charge in [-0.05, 0) is 24.1 Å². The summed E-state index contributed by atoms with van der Waals surface area (Å²) in [6.45, 7) is 3.44. The number of benzene rings is 3. The Bertz CT molecular complexity index is 867. The minimum atomic E-state index is -0.338. The van der Waals surface area contributed by atoms with Crippen LogP contribution in [0.1, 0.15) is 12.5 Å². The Morgan fingerprint density at radius 2 is 1.74 bits per heavy atom. The fourth-order valence-corrected chi connectivity index (χ4v) is 2.84. The molecule has 23 heavy (non-hydrogen) atoms. The van der Waals surface area contributed by atoms with Crippen LogP contribution < -0.4 is 9.47 Å². The first kappa shape index (κ1) is 15.1. The van der Waals surface area contributed by atoms with E-state index in [0.717, 1.165) is 33.2 Å². The van der Waals surface area contributed by atoms with Crippen molar-refractivity contribution >= 4 is 16.7 Å². The molecule has 0 amide bonds. The molecule has 3 rings (SSSR count). The van der Waals surface area contributed by atoms with Gasteiger partial charge in [0.2, 0.25) is 0 Å². The van der Waals surface area contributed by atoms with Crippen molar-refractivity contribution in [1.29, 1.82) is 0 Å². The maximum atomic E-state index is 11.6. The molecule has 3 aromatic carbocycles. The monoisotopic (exact) mass is 306 g/mol. The third kappa shape index (κ3) is 2.78. The molecule has 0 aliphatic heterocycles. The zero-order valence-corrected chi connectivity index (χ0v) is 13.4. The Hall–Kier alpha value is -2.81. The number of hydrogen-bond acceptors (Lipinski definition) is 3. The number of carbonyl (C=O) groups is 1. The van der Waals surface area contributed by atoms with Crippen molar-refractivity contribution < 1.29 is 14.3 Å². The van der Waals surface area contributed by atoms with Gasteiger partial charge in [-0.15, -0.1) is 0 Å². The van der Waals surface area contributed by atoms with Crippen molar-refractivity contribution in [3.63, 3.8) is 0 Å². The minimum absolute atomic E-state index is 0.338. The summed E-state index contributed by atoms with van der Waals surface area (Å²) in [6, 6.07) is 17.7. The van der Waals surface area contributed by atoms with Crippen molar-refractivity contribution in [1.82, 2.24) is 0 Å². The topological polar surface area (TPSA) is 35.5 Å². The van der Waals surface area contributed by atoms with Crippen LogP contribution in [0.5, 0.6) is 11.5 Å². The molecule has 116 valence electrons. The average molecular weight is 306 g/mol. The number of aryl methyl sites for hydroxylation is 1. The average Bonchev–Trinajstić information content (AvgIpc) is 2.56. The van der Waals surface area contributed by atoms with E-state index in [2.05, 4.69) is 0 Å². The molecule has 0 radical (unpaired) electrons. The van der Waals surface area contributed by atoms with Crippen LogP contribution in [0.15, 0.2) is 54.6 Å². The molecule has 0 N–H and O–H groups in total. The van der Waals surface area contributed by atoms with E-state index in [0.29, 0.717) is 5.75 Å². The third-order valence-electron chi connectivity index (χ3n) is 3.83. The molecule has 0 bridgehead atoms. The lowest BCUT2D eigenvalue weighted by molar-refractivity contribution is -0.131. The van der Waals surface area contributed by atoms with Crippen LogP contribution in [0.25, 0.3) is 21.9 Å². The highest BCUT2D eigenvalue weighted by Gasteiger charge is 2.18. The maximum absolute atomic E-state index is 11.6. The van der Waals surface area contributed by atoms with Crippen LogP contribution in [-0.2, 0) is 4.79 Å². The summed E-state index contributed by atoms with van der Waals surface area (Å²) in [7, 11) is 1.65. The number of hydrogen-bond donors (Lipinski definition) is 0. The molecule has 0 aromatic heterocycles. The number of methoxy groups -OCH3 is 1. The quantitative estimate of drug-likeness (QED) is 0.517. The van der Waals surface area contributed by atoms with Crippen LogP contribution in [-0.4, -0.2) is 13.1 Å². The first-order chi connectivity index (χ1) is 11.1. The molecule has 0 aliphatic rings. The highest BCUT2D eigenvalue weighted by molar-refractivity contribution is 6.02. The molecule has 3 nitrogen and oxygen atoms in total. The standard InChI is InChI=1S/C20H18O3/c1-13-8-7-11-16-19(13)18(22-3)12-17(20(16)23-14(2)21)15-9-5-4-6-10-15/h4-12H,1-3H3. The van der Waals surface area contributed by atoms with Gasteiger partial charge in [-0.2, -0.15) is 0 Å². The summed E-state index contributed by atoms with van der Waals surface area (Å²) < 4.78 is 11.2. The first-order valence-corrected chi connectivity index (χ1v) is 7.46. The smallest absolute Gasteiger partial charge is 0.308 e. The molecule has 0 spiro atoms. The van der Waals surface area contributed by atoms with E-state index in [9.17, 15) is 4.79 Å². The van der Waals surface area contributed by atoms with Crippen LogP contribution >= 0.6 is 0 Å². The van der Waals surface area contributed by atoms with E-state index in [1.54, 1.807) is 7.11 Å². The van der Waals surface area contributed by atoms with E-state index >= 15 is 0 Å². The molecule has 0 unspecified atom stereocenters. The van der Waals surface area contributed by atoms with Crippen molar-refractivity contribution in [3.05, 3.63) is 60.2 Å². The van der Waals surface area contributed by atoms with E-state index in [-0.39, 0.29) is 5.97 Å². The second kappa shape index (κ2) is 6.13. The number of esters is 1. The van der Waals surface area contributed by atoms with Crippen LogP contribution in [0.4, 0.5) is 0 Å². The molecule has 0 saturated heterocycles. The third-order valence-corrected chi connectivity index (χ3v) is 3.83. The Kier molecular flexibility index (Phi) is 4.02. The fourth-order valence-electron chi connectivity index (χ4n) is 2.84. The van der Waals surface area contributed by atoms with E-state index in [4.69, 9.17) is 9.47 Å². The van der Waals surface area contributed by atoms with E-state index < -0.39 is 0 Å². The zero-order chi connectivity index (χ0) is 16.4. The summed E-state index contributed by atoms with van der Waals surface area (Å²) in [4.78, 5) is 11.6. The second-order valence-corrected chi connectivity index (χ2v) is 5.41. The molecule has 0 fully saturated rings. The molecule has 0 atom stereocenters. The molecule has 0 heterocycles. The van der Waals surface area contributed by atoms with Gasteiger partial charge in [0, 0.05) is 23.3 Å². The molecular weight excluding hydrogens is 288 g/mol. The molecule has 3 heteroatoms. The van der Waals surface area contributed by atoms with Crippen LogP contribution in [0, 0.1) is 6.92 Å². The molecule has 0 saturated carbocycles. The molecular formula is C20H18O3. The Morgan fingerprint density at radius 1 is 1.00 bits per heavy atom. The van der Waals surface area contributed by atoms with E-state index in [1.807, 2.05) is 61.5 Å². The van der Waals surface area contributed by atoms with Gasteiger partial charge in [0.15, 0.2) is 0 Å². The van der Waals surface area contributed by atoms with Crippen LogP contribution in [0.3, 0.4) is 0 Å². The highest BCUT2D eigenvalue weighted by Crippen LogP contribution is 2.43. The number of fused-ring (bicyclic) bond motifs is 1. The largest absolute Gasteiger partial charge is 0.496 e. The van der Waals surface area contributed by atoms with Gasteiger partial charge in [-0.25, -0.2) is 0 Å². The summed E-state index contributed by atoms with van der Waals surface area (Å²) in [5, 5.41) is 1.84. The van der Waals surface area contributed by atoms with Gasteiger partial charge < -0.3 is 9.47 Å². The predicted octanol–water partition coefficient (Wildman–Crippen LogP) is 4.75. The summed E-state index contributed by atoms with van der Waals surface area (Å²) in [5.41, 5.74) is 2.90. The number of rotatable bonds is 3. The van der Waals surface area contributed by atoms with E-state index in [1.165, 1.54) is 6.92 Å². The highest BCUT2D eigenvalue weighted by atomic mass is 16.5. The lowest BCUT2D eigenvalue weighted by Crippen LogP contribution is -2.04. The Morgan fingerprint density at radius 3 is 2.39 bits per heavy atom. The van der Waals surface area contributed by atoms with Crippen LogP contribution in [0.2, 0.25) is 0 Å². The maximum Gasteiger partial charge on any atom is 0.308 e.